The maximum Gasteiger partial charge on any atom is 0.336 e. The summed E-state index contributed by atoms with van der Waals surface area (Å²) in [5.74, 6) is -0.891. The quantitative estimate of drug-likeness (QED) is 0.508. The lowest BCUT2D eigenvalue weighted by molar-refractivity contribution is -0.145. The molecule has 0 atom stereocenters. The highest BCUT2D eigenvalue weighted by molar-refractivity contribution is 6.32. The van der Waals surface area contributed by atoms with Crippen LogP contribution in [0.4, 0.5) is 0 Å². The van der Waals surface area contributed by atoms with Crippen LogP contribution < -0.4 is 10.9 Å². The van der Waals surface area contributed by atoms with E-state index in [9.17, 15) is 14.4 Å². The highest BCUT2D eigenvalue weighted by Gasteiger charge is 2.12. The van der Waals surface area contributed by atoms with Crippen LogP contribution in [0.15, 0.2) is 57.7 Å². The van der Waals surface area contributed by atoms with E-state index < -0.39 is 11.6 Å². The van der Waals surface area contributed by atoms with E-state index in [1.807, 2.05) is 30.3 Å². The van der Waals surface area contributed by atoms with Crippen LogP contribution in [0.3, 0.4) is 0 Å². The number of ether oxygens (including phenoxy) is 1. The van der Waals surface area contributed by atoms with Crippen molar-refractivity contribution < 1.29 is 18.7 Å². The first-order chi connectivity index (χ1) is 13.4. The smallest absolute Gasteiger partial charge is 0.336 e. The number of fused-ring (bicyclic) bond motifs is 1. The molecule has 3 aromatic rings. The van der Waals surface area contributed by atoms with Crippen molar-refractivity contribution >= 4 is 34.4 Å². The molecule has 1 N–H and O–H groups in total. The molecule has 6 nitrogen and oxygen atoms in total. The molecule has 0 aliphatic heterocycles. The van der Waals surface area contributed by atoms with Gasteiger partial charge < -0.3 is 14.5 Å². The molecule has 2 aromatic carbocycles. The fourth-order valence-corrected chi connectivity index (χ4v) is 2.86. The predicted octanol–water partition coefficient (Wildman–Crippen LogP) is 3.16. The summed E-state index contributed by atoms with van der Waals surface area (Å²) in [5.41, 5.74) is 1.93. The highest BCUT2D eigenvalue weighted by atomic mass is 35.5. The topological polar surface area (TPSA) is 85.6 Å². The molecule has 0 spiro atoms. The monoisotopic (exact) mass is 399 g/mol. The Morgan fingerprint density at radius 2 is 1.89 bits per heavy atom. The van der Waals surface area contributed by atoms with Crippen molar-refractivity contribution in [2.75, 3.05) is 6.54 Å². The molecule has 0 saturated carbocycles. The molecule has 0 unspecified atom stereocenters. The zero-order valence-corrected chi connectivity index (χ0v) is 15.9. The van der Waals surface area contributed by atoms with Crippen LogP contribution in [0.5, 0.6) is 0 Å². The average Bonchev–Trinajstić information content (AvgIpc) is 2.66. The Morgan fingerprint density at radius 3 is 2.64 bits per heavy atom. The molecule has 0 fully saturated rings. The molecule has 0 bridgehead atoms. The zero-order valence-electron chi connectivity index (χ0n) is 15.2. The number of halogens is 1. The third-order valence-electron chi connectivity index (χ3n) is 4.14. The van der Waals surface area contributed by atoms with Crippen molar-refractivity contribution in [3.05, 3.63) is 80.7 Å². The molecule has 1 heterocycles. The number of aryl methyl sites for hydroxylation is 1. The summed E-state index contributed by atoms with van der Waals surface area (Å²) in [6.45, 7) is 1.41. The maximum atomic E-state index is 12.0. The van der Waals surface area contributed by atoms with Crippen molar-refractivity contribution in [3.8, 4) is 0 Å². The van der Waals surface area contributed by atoms with E-state index in [1.165, 1.54) is 6.07 Å². The number of amides is 1. The van der Waals surface area contributed by atoms with E-state index in [-0.39, 0.29) is 25.5 Å². The van der Waals surface area contributed by atoms with Crippen LogP contribution in [0.1, 0.15) is 16.7 Å². The van der Waals surface area contributed by atoms with E-state index >= 15 is 0 Å². The predicted molar refractivity (Wildman–Crippen MR) is 105 cm³/mol. The summed E-state index contributed by atoms with van der Waals surface area (Å²) in [7, 11) is 0. The molecule has 144 valence electrons. The lowest BCUT2D eigenvalue weighted by atomic mass is 10.1. The summed E-state index contributed by atoms with van der Waals surface area (Å²) in [5, 5.41) is 3.63. The Labute approximate surface area is 166 Å². The van der Waals surface area contributed by atoms with Crippen LogP contribution in [0.2, 0.25) is 5.02 Å². The van der Waals surface area contributed by atoms with E-state index in [0.29, 0.717) is 21.6 Å². The second-order valence-electron chi connectivity index (χ2n) is 6.29. The standard InChI is InChI=1S/C21H18ClNO5/c1-13-7-18-16(10-17(13)22)15(9-20(25)28-18)12-27-21(26)11-23-19(24)8-14-5-3-2-4-6-14/h2-7,9-10H,8,11-12H2,1H3,(H,23,24). The number of carbonyl (C=O) groups is 2. The van der Waals surface area contributed by atoms with Crippen molar-refractivity contribution in [2.45, 2.75) is 20.0 Å². The summed E-state index contributed by atoms with van der Waals surface area (Å²) in [4.78, 5) is 35.6. The van der Waals surface area contributed by atoms with Crippen LogP contribution in [-0.4, -0.2) is 18.4 Å². The molecule has 7 heteroatoms. The van der Waals surface area contributed by atoms with Gasteiger partial charge in [-0.25, -0.2) is 4.79 Å². The van der Waals surface area contributed by atoms with Crippen LogP contribution in [-0.2, 0) is 27.4 Å². The third kappa shape index (κ3) is 4.98. The summed E-state index contributed by atoms with van der Waals surface area (Å²) < 4.78 is 10.4. The zero-order chi connectivity index (χ0) is 20.1. The summed E-state index contributed by atoms with van der Waals surface area (Å²) >= 11 is 6.14. The third-order valence-corrected chi connectivity index (χ3v) is 4.54. The minimum atomic E-state index is -0.610. The Hall–Kier alpha value is -3.12. The van der Waals surface area contributed by atoms with Crippen LogP contribution in [0, 0.1) is 6.92 Å². The first-order valence-electron chi connectivity index (χ1n) is 8.61. The Kier molecular flexibility index (Phi) is 6.11. The first kappa shape index (κ1) is 19.6. The van der Waals surface area contributed by atoms with E-state index in [4.69, 9.17) is 20.8 Å². The van der Waals surface area contributed by atoms with Gasteiger partial charge in [-0.2, -0.15) is 0 Å². The fraction of sp³-hybridized carbons (Fsp3) is 0.190. The van der Waals surface area contributed by atoms with Gasteiger partial charge in [0, 0.05) is 22.0 Å². The second-order valence-corrected chi connectivity index (χ2v) is 6.70. The van der Waals surface area contributed by atoms with Gasteiger partial charge in [-0.15, -0.1) is 0 Å². The van der Waals surface area contributed by atoms with Crippen LogP contribution in [0.25, 0.3) is 11.0 Å². The normalized spacial score (nSPS) is 10.6. The Morgan fingerprint density at radius 1 is 1.14 bits per heavy atom. The molecule has 0 aliphatic carbocycles. The lowest BCUT2D eigenvalue weighted by Gasteiger charge is -2.09. The number of carbonyl (C=O) groups excluding carboxylic acids is 2. The van der Waals surface area contributed by atoms with Crippen molar-refractivity contribution in [1.29, 1.82) is 0 Å². The van der Waals surface area contributed by atoms with E-state index in [2.05, 4.69) is 5.32 Å². The number of benzene rings is 2. The number of nitrogens with one attached hydrogen (secondary N) is 1. The van der Waals surface area contributed by atoms with Gasteiger partial charge in [0.15, 0.2) is 0 Å². The molecule has 1 amide bonds. The number of esters is 1. The molecule has 0 radical (unpaired) electrons. The molecule has 0 aliphatic rings. The molecular weight excluding hydrogens is 382 g/mol. The highest BCUT2D eigenvalue weighted by Crippen LogP contribution is 2.25. The number of hydrogen-bond donors (Lipinski definition) is 1. The fourth-order valence-electron chi connectivity index (χ4n) is 2.69. The van der Waals surface area contributed by atoms with Gasteiger partial charge in [-0.3, -0.25) is 9.59 Å². The second kappa shape index (κ2) is 8.71. The molecular formula is C21H18ClNO5. The number of hydrogen-bond acceptors (Lipinski definition) is 5. The number of rotatable bonds is 6. The Bertz CT molecular complexity index is 1080. The first-order valence-corrected chi connectivity index (χ1v) is 8.99. The van der Waals surface area contributed by atoms with Gasteiger partial charge in [0.05, 0.1) is 6.42 Å². The SMILES string of the molecule is Cc1cc2oc(=O)cc(COC(=O)CNC(=O)Cc3ccccc3)c2cc1Cl. The largest absolute Gasteiger partial charge is 0.459 e. The lowest BCUT2D eigenvalue weighted by Crippen LogP contribution is -2.31. The average molecular weight is 400 g/mol. The van der Waals surface area contributed by atoms with Gasteiger partial charge in [-0.05, 0) is 30.2 Å². The van der Waals surface area contributed by atoms with E-state index in [0.717, 1.165) is 11.1 Å². The van der Waals surface area contributed by atoms with Crippen molar-refractivity contribution in [2.24, 2.45) is 0 Å². The summed E-state index contributed by atoms with van der Waals surface area (Å²) in [6.07, 6.45) is 0.177. The minimum Gasteiger partial charge on any atom is -0.459 e. The summed E-state index contributed by atoms with van der Waals surface area (Å²) in [6, 6.07) is 13.8. The van der Waals surface area contributed by atoms with Crippen molar-refractivity contribution in [3.63, 3.8) is 0 Å². The van der Waals surface area contributed by atoms with E-state index in [1.54, 1.807) is 19.1 Å². The molecule has 1 aromatic heterocycles. The van der Waals surface area contributed by atoms with Crippen LogP contribution >= 0.6 is 11.6 Å². The van der Waals surface area contributed by atoms with Gasteiger partial charge in [0.2, 0.25) is 5.91 Å². The van der Waals surface area contributed by atoms with Gasteiger partial charge >= 0.3 is 11.6 Å². The molecule has 28 heavy (non-hydrogen) atoms. The van der Waals surface area contributed by atoms with Crippen molar-refractivity contribution in [1.82, 2.24) is 5.32 Å². The van der Waals surface area contributed by atoms with Gasteiger partial charge in [0.25, 0.3) is 0 Å². The minimum absolute atomic E-state index is 0.130. The molecule has 0 saturated heterocycles. The maximum absolute atomic E-state index is 12.0. The Balaban J connectivity index is 1.59. The van der Waals surface area contributed by atoms with Gasteiger partial charge in [0.1, 0.15) is 18.7 Å². The van der Waals surface area contributed by atoms with Gasteiger partial charge in [-0.1, -0.05) is 41.9 Å². The molecule has 3 rings (SSSR count).